The molecule has 1 aromatic carbocycles. The number of aromatic nitrogens is 1. The van der Waals surface area contributed by atoms with Crippen molar-refractivity contribution in [1.29, 1.82) is 0 Å². The molecule has 0 radical (unpaired) electrons. The van der Waals surface area contributed by atoms with Gasteiger partial charge >= 0.3 is 0 Å². The zero-order valence-corrected chi connectivity index (χ0v) is 12.3. The fraction of sp³-hybridized carbons (Fsp3) is 0.0769. The van der Waals surface area contributed by atoms with Gasteiger partial charge in [0.15, 0.2) is 0 Å². The summed E-state index contributed by atoms with van der Waals surface area (Å²) in [5.74, 6) is -0.00722. The summed E-state index contributed by atoms with van der Waals surface area (Å²) in [5, 5.41) is 3.33. The summed E-state index contributed by atoms with van der Waals surface area (Å²) < 4.78 is 5.76. The second kappa shape index (κ2) is 6.04. The SMILES string of the molecule is COc1ncccc1C(=O)Nc1ccc(Cl)c(Br)c1. The van der Waals surface area contributed by atoms with Crippen LogP contribution in [0.5, 0.6) is 5.88 Å². The van der Waals surface area contributed by atoms with Gasteiger partial charge in [0.05, 0.1) is 12.1 Å². The van der Waals surface area contributed by atoms with Gasteiger partial charge in [-0.1, -0.05) is 11.6 Å². The van der Waals surface area contributed by atoms with E-state index < -0.39 is 0 Å². The minimum atomic E-state index is -0.292. The summed E-state index contributed by atoms with van der Waals surface area (Å²) in [4.78, 5) is 16.1. The molecule has 0 aliphatic rings. The van der Waals surface area contributed by atoms with Gasteiger partial charge in [0.1, 0.15) is 5.56 Å². The number of halogens is 2. The summed E-state index contributed by atoms with van der Waals surface area (Å²) in [5.41, 5.74) is 1.00. The summed E-state index contributed by atoms with van der Waals surface area (Å²) >= 11 is 9.19. The Balaban J connectivity index is 2.23. The molecule has 2 aromatic rings. The molecule has 0 saturated heterocycles. The van der Waals surface area contributed by atoms with Gasteiger partial charge < -0.3 is 10.1 Å². The number of methoxy groups -OCH3 is 1. The molecule has 98 valence electrons. The van der Waals surface area contributed by atoms with Crippen molar-refractivity contribution >= 4 is 39.1 Å². The molecule has 2 rings (SSSR count). The van der Waals surface area contributed by atoms with Crippen LogP contribution >= 0.6 is 27.5 Å². The Morgan fingerprint density at radius 1 is 1.42 bits per heavy atom. The van der Waals surface area contributed by atoms with Gasteiger partial charge in [0.2, 0.25) is 5.88 Å². The minimum Gasteiger partial charge on any atom is -0.480 e. The zero-order valence-electron chi connectivity index (χ0n) is 9.98. The molecule has 6 heteroatoms. The lowest BCUT2D eigenvalue weighted by molar-refractivity contribution is 0.102. The molecular weight excluding hydrogens is 332 g/mol. The number of nitrogens with one attached hydrogen (secondary N) is 1. The van der Waals surface area contributed by atoms with E-state index in [4.69, 9.17) is 16.3 Å². The molecule has 0 bridgehead atoms. The number of amides is 1. The van der Waals surface area contributed by atoms with Gasteiger partial charge in [-0.05, 0) is 46.3 Å². The van der Waals surface area contributed by atoms with Crippen LogP contribution in [-0.4, -0.2) is 18.0 Å². The maximum absolute atomic E-state index is 12.1. The van der Waals surface area contributed by atoms with Crippen LogP contribution in [0.4, 0.5) is 5.69 Å². The van der Waals surface area contributed by atoms with Gasteiger partial charge in [-0.3, -0.25) is 4.79 Å². The van der Waals surface area contributed by atoms with Crippen molar-refractivity contribution in [3.8, 4) is 5.88 Å². The van der Waals surface area contributed by atoms with Crippen LogP contribution < -0.4 is 10.1 Å². The van der Waals surface area contributed by atoms with E-state index >= 15 is 0 Å². The van der Waals surface area contributed by atoms with Crippen LogP contribution in [0.25, 0.3) is 0 Å². The number of rotatable bonds is 3. The Hall–Kier alpha value is -1.59. The van der Waals surface area contributed by atoms with E-state index in [1.165, 1.54) is 7.11 Å². The zero-order chi connectivity index (χ0) is 13.8. The monoisotopic (exact) mass is 340 g/mol. The minimum absolute atomic E-state index is 0.285. The van der Waals surface area contributed by atoms with Gasteiger partial charge in [0.25, 0.3) is 5.91 Å². The lowest BCUT2D eigenvalue weighted by Crippen LogP contribution is -2.13. The van der Waals surface area contributed by atoms with Crippen molar-refractivity contribution in [2.24, 2.45) is 0 Å². The number of ether oxygens (including phenoxy) is 1. The molecular formula is C13H10BrClN2O2. The number of anilines is 1. The quantitative estimate of drug-likeness (QED) is 0.925. The number of carbonyl (C=O) groups excluding carboxylic acids is 1. The lowest BCUT2D eigenvalue weighted by atomic mass is 10.2. The van der Waals surface area contributed by atoms with Crippen LogP contribution in [0, 0.1) is 0 Å². The number of nitrogens with zero attached hydrogens (tertiary/aromatic N) is 1. The Morgan fingerprint density at radius 2 is 2.21 bits per heavy atom. The van der Waals surface area contributed by atoms with Crippen LogP contribution in [0.1, 0.15) is 10.4 Å². The number of hydrogen-bond acceptors (Lipinski definition) is 3. The maximum Gasteiger partial charge on any atom is 0.261 e. The average Bonchev–Trinajstić information content (AvgIpc) is 2.43. The molecule has 19 heavy (non-hydrogen) atoms. The van der Waals surface area contributed by atoms with Crippen LogP contribution in [0.3, 0.4) is 0 Å². The Morgan fingerprint density at radius 3 is 2.89 bits per heavy atom. The van der Waals surface area contributed by atoms with Gasteiger partial charge in [-0.25, -0.2) is 4.98 Å². The molecule has 0 aliphatic heterocycles. The molecule has 0 spiro atoms. The second-order valence-corrected chi connectivity index (χ2v) is 4.90. The number of pyridine rings is 1. The third-order valence-corrected chi connectivity index (χ3v) is 3.60. The molecule has 0 atom stereocenters. The highest BCUT2D eigenvalue weighted by Crippen LogP contribution is 2.26. The smallest absolute Gasteiger partial charge is 0.261 e. The van der Waals surface area contributed by atoms with Crippen molar-refractivity contribution in [2.45, 2.75) is 0 Å². The third-order valence-electron chi connectivity index (χ3n) is 2.39. The number of benzene rings is 1. The average molecular weight is 342 g/mol. The summed E-state index contributed by atoms with van der Waals surface area (Å²) in [7, 11) is 1.47. The molecule has 0 saturated carbocycles. The third kappa shape index (κ3) is 3.24. The molecule has 1 aromatic heterocycles. The Labute approximate surface area is 123 Å². The lowest BCUT2D eigenvalue weighted by Gasteiger charge is -2.08. The van der Waals surface area contributed by atoms with Gasteiger partial charge in [-0.2, -0.15) is 0 Å². The summed E-state index contributed by atoms with van der Waals surface area (Å²) in [6, 6.07) is 8.46. The first-order valence-electron chi connectivity index (χ1n) is 5.37. The van der Waals surface area contributed by atoms with E-state index in [1.54, 1.807) is 36.5 Å². The standard InChI is InChI=1S/C13H10BrClN2O2/c1-19-13-9(3-2-6-16-13)12(18)17-8-4-5-11(15)10(14)7-8/h2-7H,1H3,(H,17,18). The molecule has 0 fully saturated rings. The van der Waals surface area contributed by atoms with Crippen molar-refractivity contribution < 1.29 is 9.53 Å². The normalized spacial score (nSPS) is 10.1. The topological polar surface area (TPSA) is 51.2 Å². The van der Waals surface area contributed by atoms with Gasteiger partial charge in [-0.15, -0.1) is 0 Å². The highest BCUT2D eigenvalue weighted by molar-refractivity contribution is 9.10. The van der Waals surface area contributed by atoms with E-state index in [-0.39, 0.29) is 11.8 Å². The van der Waals surface area contributed by atoms with Gasteiger partial charge in [0, 0.05) is 16.4 Å². The van der Waals surface area contributed by atoms with E-state index in [9.17, 15) is 4.79 Å². The van der Waals surface area contributed by atoms with Crippen molar-refractivity contribution in [3.63, 3.8) is 0 Å². The number of hydrogen-bond donors (Lipinski definition) is 1. The van der Waals surface area contributed by atoms with E-state index in [0.717, 1.165) is 0 Å². The molecule has 0 unspecified atom stereocenters. The van der Waals surface area contributed by atoms with Crippen LogP contribution in [-0.2, 0) is 0 Å². The first-order chi connectivity index (χ1) is 9.11. The molecule has 1 amide bonds. The van der Waals surface area contributed by atoms with Crippen LogP contribution in [0.2, 0.25) is 5.02 Å². The fourth-order valence-electron chi connectivity index (χ4n) is 1.50. The molecule has 0 aliphatic carbocycles. The molecule has 1 heterocycles. The largest absolute Gasteiger partial charge is 0.480 e. The highest BCUT2D eigenvalue weighted by Gasteiger charge is 2.13. The summed E-state index contributed by atoms with van der Waals surface area (Å²) in [6.45, 7) is 0. The second-order valence-electron chi connectivity index (χ2n) is 3.64. The maximum atomic E-state index is 12.1. The fourth-order valence-corrected chi connectivity index (χ4v) is 1.99. The van der Waals surface area contributed by atoms with E-state index in [0.29, 0.717) is 20.7 Å². The Bertz CT molecular complexity index is 619. The van der Waals surface area contributed by atoms with Crippen molar-refractivity contribution in [2.75, 3.05) is 12.4 Å². The highest BCUT2D eigenvalue weighted by atomic mass is 79.9. The first-order valence-corrected chi connectivity index (χ1v) is 6.54. The summed E-state index contributed by atoms with van der Waals surface area (Å²) in [6.07, 6.45) is 1.56. The Kier molecular flexibility index (Phi) is 4.39. The molecule has 1 N–H and O–H groups in total. The number of carbonyl (C=O) groups is 1. The molecule has 4 nitrogen and oxygen atoms in total. The predicted molar refractivity (Wildman–Crippen MR) is 77.9 cm³/mol. The van der Waals surface area contributed by atoms with E-state index in [2.05, 4.69) is 26.2 Å². The van der Waals surface area contributed by atoms with E-state index in [1.807, 2.05) is 0 Å². The first kappa shape index (κ1) is 13.8. The van der Waals surface area contributed by atoms with Crippen molar-refractivity contribution in [3.05, 3.63) is 51.6 Å². The van der Waals surface area contributed by atoms with Crippen molar-refractivity contribution in [1.82, 2.24) is 4.98 Å². The predicted octanol–water partition coefficient (Wildman–Crippen LogP) is 3.76. The van der Waals surface area contributed by atoms with Crippen LogP contribution in [0.15, 0.2) is 41.0 Å².